The fourth-order valence-corrected chi connectivity index (χ4v) is 4.15. The van der Waals surface area contributed by atoms with Gasteiger partial charge in [0.25, 0.3) is 11.7 Å². The minimum Gasteiger partial charge on any atom is -0.340 e. The second kappa shape index (κ2) is 9.55. The predicted molar refractivity (Wildman–Crippen MR) is 118 cm³/mol. The van der Waals surface area contributed by atoms with Gasteiger partial charge in [-0.1, -0.05) is 66.7 Å². The highest BCUT2D eigenvalue weighted by Crippen LogP contribution is 2.21. The van der Waals surface area contributed by atoms with Crippen molar-refractivity contribution in [3.63, 3.8) is 0 Å². The number of pyridine rings is 1. The van der Waals surface area contributed by atoms with Crippen molar-refractivity contribution < 1.29 is 14.7 Å². The van der Waals surface area contributed by atoms with Crippen LogP contribution in [0.5, 0.6) is 0 Å². The molecule has 0 aliphatic carbocycles. The zero-order chi connectivity index (χ0) is 20.8. The molecule has 1 aromatic heterocycles. The molecular formula is C25H30N4O+2. The van der Waals surface area contributed by atoms with Crippen molar-refractivity contribution in [1.82, 2.24) is 5.32 Å². The molecule has 3 aromatic rings. The van der Waals surface area contributed by atoms with Gasteiger partial charge >= 0.3 is 0 Å². The van der Waals surface area contributed by atoms with Gasteiger partial charge in [-0.2, -0.15) is 0 Å². The number of quaternary nitrogens is 1. The van der Waals surface area contributed by atoms with Crippen molar-refractivity contribution in [3.8, 4) is 0 Å². The Morgan fingerprint density at radius 3 is 2.00 bits per heavy atom. The molecule has 1 saturated heterocycles. The molecule has 0 unspecified atom stereocenters. The summed E-state index contributed by atoms with van der Waals surface area (Å²) in [5.74, 6) is 1.24. The van der Waals surface area contributed by atoms with E-state index in [-0.39, 0.29) is 18.0 Å². The van der Waals surface area contributed by atoms with E-state index in [1.54, 1.807) is 0 Å². The number of benzene rings is 2. The van der Waals surface area contributed by atoms with Crippen molar-refractivity contribution in [1.29, 1.82) is 0 Å². The molecule has 4 rings (SSSR count). The molecule has 1 fully saturated rings. The van der Waals surface area contributed by atoms with E-state index in [2.05, 4.69) is 51.6 Å². The monoisotopic (exact) mass is 402 g/mol. The lowest BCUT2D eigenvalue weighted by Gasteiger charge is -2.32. The van der Waals surface area contributed by atoms with Gasteiger partial charge in [-0.25, -0.2) is 4.98 Å². The van der Waals surface area contributed by atoms with Gasteiger partial charge in [0, 0.05) is 6.07 Å². The normalized spacial score (nSPS) is 15.7. The molecular weight excluding hydrogens is 372 g/mol. The number of H-pyrrole nitrogens is 1. The lowest BCUT2D eigenvalue weighted by molar-refractivity contribution is -0.914. The SMILES string of the molecule is C[C@H](C(=O)NC(c1ccccc1)c1ccccc1)[NH+]1CCN(c2cccc[nH+]2)CC1. The molecule has 0 bridgehead atoms. The fourth-order valence-electron chi connectivity index (χ4n) is 4.15. The molecule has 1 aliphatic heterocycles. The van der Waals surface area contributed by atoms with E-state index in [0.717, 1.165) is 43.1 Å². The van der Waals surface area contributed by atoms with Crippen LogP contribution >= 0.6 is 0 Å². The summed E-state index contributed by atoms with van der Waals surface area (Å²) in [7, 11) is 0. The first-order valence-corrected chi connectivity index (χ1v) is 10.7. The Labute approximate surface area is 178 Å². The summed E-state index contributed by atoms with van der Waals surface area (Å²) in [6.07, 6.45) is 1.96. The molecule has 0 radical (unpaired) electrons. The quantitative estimate of drug-likeness (QED) is 0.657. The average Bonchev–Trinajstić information content (AvgIpc) is 2.83. The van der Waals surface area contributed by atoms with Crippen LogP contribution in [0.25, 0.3) is 0 Å². The zero-order valence-electron chi connectivity index (χ0n) is 17.4. The molecule has 3 N–H and O–H groups in total. The maximum absolute atomic E-state index is 13.2. The number of aromatic amines is 1. The fraction of sp³-hybridized carbons (Fsp3) is 0.280. The van der Waals surface area contributed by atoms with E-state index < -0.39 is 0 Å². The van der Waals surface area contributed by atoms with Crippen LogP contribution in [-0.2, 0) is 4.79 Å². The van der Waals surface area contributed by atoms with Crippen molar-refractivity contribution in [3.05, 3.63) is 96.2 Å². The standard InChI is InChI=1S/C25H28N4O/c1-20(28-16-18-29(19-17-28)23-14-8-9-15-26-23)25(30)27-24(21-10-4-2-5-11-21)22-12-6-3-7-13-22/h2-15,20,24H,16-19H2,1H3,(H,27,30)/p+2/t20-/m1/s1. The Morgan fingerprint density at radius 2 is 1.47 bits per heavy atom. The number of piperazine rings is 1. The molecule has 1 aliphatic rings. The Kier molecular flexibility index (Phi) is 6.40. The van der Waals surface area contributed by atoms with E-state index in [1.165, 1.54) is 4.90 Å². The van der Waals surface area contributed by atoms with Crippen LogP contribution in [0.2, 0.25) is 0 Å². The van der Waals surface area contributed by atoms with E-state index in [9.17, 15) is 4.79 Å². The molecule has 5 nitrogen and oxygen atoms in total. The van der Waals surface area contributed by atoms with E-state index in [0.29, 0.717) is 0 Å². The number of nitrogens with zero attached hydrogens (tertiary/aromatic N) is 1. The van der Waals surface area contributed by atoms with Crippen molar-refractivity contribution >= 4 is 11.7 Å². The van der Waals surface area contributed by atoms with Gasteiger partial charge in [0.2, 0.25) is 0 Å². The first-order valence-electron chi connectivity index (χ1n) is 10.7. The summed E-state index contributed by atoms with van der Waals surface area (Å²) in [5, 5.41) is 3.31. The Balaban J connectivity index is 1.42. The highest BCUT2D eigenvalue weighted by molar-refractivity contribution is 5.80. The minimum absolute atomic E-state index is 0.0955. The Morgan fingerprint density at radius 1 is 0.900 bits per heavy atom. The largest absolute Gasteiger partial charge is 0.340 e. The minimum atomic E-state index is -0.137. The molecule has 1 atom stereocenters. The van der Waals surface area contributed by atoms with Gasteiger partial charge in [0.05, 0.1) is 12.2 Å². The van der Waals surface area contributed by atoms with Crippen LogP contribution in [0, 0.1) is 0 Å². The maximum Gasteiger partial charge on any atom is 0.278 e. The lowest BCUT2D eigenvalue weighted by Crippen LogP contribution is -3.19. The van der Waals surface area contributed by atoms with Crippen molar-refractivity contribution in [2.75, 3.05) is 31.1 Å². The van der Waals surface area contributed by atoms with Crippen molar-refractivity contribution in [2.45, 2.75) is 19.0 Å². The van der Waals surface area contributed by atoms with Crippen LogP contribution < -0.4 is 20.1 Å². The van der Waals surface area contributed by atoms with Crippen LogP contribution in [0.3, 0.4) is 0 Å². The summed E-state index contributed by atoms with van der Waals surface area (Å²) in [6.45, 7) is 5.81. The van der Waals surface area contributed by atoms with Crippen LogP contribution in [-0.4, -0.2) is 38.1 Å². The molecule has 30 heavy (non-hydrogen) atoms. The molecule has 0 saturated carbocycles. The summed E-state index contributed by atoms with van der Waals surface area (Å²) in [5.41, 5.74) is 2.20. The van der Waals surface area contributed by atoms with Gasteiger partial charge < -0.3 is 10.2 Å². The number of nitrogens with one attached hydrogen (secondary N) is 3. The number of anilines is 1. The number of aromatic nitrogens is 1. The van der Waals surface area contributed by atoms with E-state index >= 15 is 0 Å². The molecule has 2 aromatic carbocycles. The average molecular weight is 403 g/mol. The number of hydrogen-bond donors (Lipinski definition) is 2. The highest BCUT2D eigenvalue weighted by atomic mass is 16.2. The molecule has 0 spiro atoms. The first kappa shape index (κ1) is 20.1. The van der Waals surface area contributed by atoms with Crippen LogP contribution in [0.15, 0.2) is 85.1 Å². The number of carbonyl (C=O) groups excluding carboxylic acids is 1. The van der Waals surface area contributed by atoms with Gasteiger partial charge in [0.1, 0.15) is 26.2 Å². The number of carbonyl (C=O) groups is 1. The Bertz CT molecular complexity index is 886. The molecule has 5 heteroatoms. The van der Waals surface area contributed by atoms with E-state index in [4.69, 9.17) is 0 Å². The molecule has 2 heterocycles. The van der Waals surface area contributed by atoms with Crippen LogP contribution in [0.4, 0.5) is 5.82 Å². The van der Waals surface area contributed by atoms with Gasteiger partial charge in [0.15, 0.2) is 6.04 Å². The lowest BCUT2D eigenvalue weighted by atomic mass is 9.98. The summed E-state index contributed by atoms with van der Waals surface area (Å²) >= 11 is 0. The third kappa shape index (κ3) is 4.69. The molecule has 154 valence electrons. The predicted octanol–water partition coefficient (Wildman–Crippen LogP) is 1.50. The number of amides is 1. The smallest absolute Gasteiger partial charge is 0.278 e. The van der Waals surface area contributed by atoms with E-state index in [1.807, 2.05) is 55.6 Å². The van der Waals surface area contributed by atoms with Gasteiger partial charge in [-0.05, 0) is 24.1 Å². The summed E-state index contributed by atoms with van der Waals surface area (Å²) in [6, 6.07) is 26.3. The first-order chi connectivity index (χ1) is 14.7. The highest BCUT2D eigenvalue weighted by Gasteiger charge is 2.33. The van der Waals surface area contributed by atoms with Gasteiger partial charge in [-0.3, -0.25) is 9.69 Å². The maximum atomic E-state index is 13.2. The summed E-state index contributed by atoms with van der Waals surface area (Å²) < 4.78 is 0. The third-order valence-electron chi connectivity index (χ3n) is 6.00. The second-order valence-electron chi connectivity index (χ2n) is 7.88. The summed E-state index contributed by atoms with van der Waals surface area (Å²) in [4.78, 5) is 20.2. The third-order valence-corrected chi connectivity index (χ3v) is 6.00. The zero-order valence-corrected chi connectivity index (χ0v) is 17.4. The Hall–Kier alpha value is -3.18. The van der Waals surface area contributed by atoms with Gasteiger partial charge in [-0.15, -0.1) is 0 Å². The number of rotatable bonds is 6. The van der Waals surface area contributed by atoms with Crippen LogP contribution in [0.1, 0.15) is 24.1 Å². The topological polar surface area (TPSA) is 50.9 Å². The second-order valence-corrected chi connectivity index (χ2v) is 7.88. The number of hydrogen-bond acceptors (Lipinski definition) is 2. The molecule has 1 amide bonds. The van der Waals surface area contributed by atoms with Crippen molar-refractivity contribution in [2.24, 2.45) is 0 Å².